The maximum Gasteiger partial charge on any atom is 0.330 e. The predicted molar refractivity (Wildman–Crippen MR) is 95.5 cm³/mol. The molecule has 0 unspecified atom stereocenters. The molecule has 0 fully saturated rings. The molecule has 0 aliphatic heterocycles. The van der Waals surface area contributed by atoms with Gasteiger partial charge in [-0.05, 0) is 19.1 Å². The van der Waals surface area contributed by atoms with Gasteiger partial charge in [-0.25, -0.2) is 4.79 Å². The highest BCUT2D eigenvalue weighted by Gasteiger charge is 2.23. The third kappa shape index (κ3) is 4.19. The summed E-state index contributed by atoms with van der Waals surface area (Å²) >= 11 is 0. The summed E-state index contributed by atoms with van der Waals surface area (Å²) in [6.45, 7) is 7.59. The molecule has 2 rings (SSSR count). The van der Waals surface area contributed by atoms with E-state index in [-0.39, 0.29) is 5.91 Å². The molecule has 0 radical (unpaired) electrons. The SMILES string of the molecule is CCOC(=O)/C=C\c1ccc2cccnc2c1NC(=O)C(C)(C)C. The van der Waals surface area contributed by atoms with Gasteiger partial charge in [0.2, 0.25) is 5.91 Å². The van der Waals surface area contributed by atoms with Crippen LogP contribution < -0.4 is 5.32 Å². The molecule has 0 atom stereocenters. The highest BCUT2D eigenvalue weighted by Crippen LogP contribution is 2.28. The Morgan fingerprint density at radius 3 is 2.67 bits per heavy atom. The van der Waals surface area contributed by atoms with E-state index < -0.39 is 11.4 Å². The van der Waals surface area contributed by atoms with Gasteiger partial charge in [0.1, 0.15) is 0 Å². The molecule has 5 nitrogen and oxygen atoms in total. The van der Waals surface area contributed by atoms with Crippen LogP contribution >= 0.6 is 0 Å². The zero-order valence-corrected chi connectivity index (χ0v) is 14.4. The maximum absolute atomic E-state index is 12.4. The third-order valence-electron chi connectivity index (χ3n) is 3.41. The topological polar surface area (TPSA) is 68.3 Å². The normalized spacial score (nSPS) is 11.7. The van der Waals surface area contributed by atoms with E-state index in [0.29, 0.717) is 23.4 Å². The van der Waals surface area contributed by atoms with Crippen LogP contribution in [0.3, 0.4) is 0 Å². The molecule has 24 heavy (non-hydrogen) atoms. The summed E-state index contributed by atoms with van der Waals surface area (Å²) in [4.78, 5) is 28.4. The Labute approximate surface area is 141 Å². The molecule has 0 bridgehead atoms. The Balaban J connectivity index is 2.48. The lowest BCUT2D eigenvalue weighted by molar-refractivity contribution is -0.137. The van der Waals surface area contributed by atoms with Crippen molar-refractivity contribution in [1.29, 1.82) is 0 Å². The van der Waals surface area contributed by atoms with E-state index in [9.17, 15) is 9.59 Å². The van der Waals surface area contributed by atoms with Crippen molar-refractivity contribution in [3.8, 4) is 0 Å². The van der Waals surface area contributed by atoms with Crippen molar-refractivity contribution < 1.29 is 14.3 Å². The first-order valence-corrected chi connectivity index (χ1v) is 7.87. The largest absolute Gasteiger partial charge is 0.463 e. The molecular weight excluding hydrogens is 304 g/mol. The molecule has 5 heteroatoms. The molecule has 0 aliphatic carbocycles. The standard InChI is InChI=1S/C19H22N2O3/c1-5-24-15(22)11-10-14-9-8-13-7-6-12-20-16(13)17(14)21-18(23)19(2,3)4/h6-12H,5H2,1-4H3,(H,21,23)/b11-10-. The van der Waals surface area contributed by atoms with Crippen LogP contribution in [0.25, 0.3) is 17.0 Å². The van der Waals surface area contributed by atoms with Gasteiger partial charge in [0.25, 0.3) is 0 Å². The van der Waals surface area contributed by atoms with E-state index in [0.717, 1.165) is 5.39 Å². The van der Waals surface area contributed by atoms with Gasteiger partial charge in [0.15, 0.2) is 0 Å². The van der Waals surface area contributed by atoms with Crippen molar-refractivity contribution >= 4 is 34.5 Å². The number of nitrogens with one attached hydrogen (secondary N) is 1. The number of amides is 1. The van der Waals surface area contributed by atoms with Crippen LogP contribution in [0.15, 0.2) is 36.5 Å². The molecule has 1 N–H and O–H groups in total. The van der Waals surface area contributed by atoms with E-state index in [4.69, 9.17) is 4.74 Å². The van der Waals surface area contributed by atoms with Gasteiger partial charge < -0.3 is 10.1 Å². The summed E-state index contributed by atoms with van der Waals surface area (Å²) in [6.07, 6.45) is 4.65. The zero-order valence-electron chi connectivity index (χ0n) is 14.4. The summed E-state index contributed by atoms with van der Waals surface area (Å²) < 4.78 is 4.90. The molecule has 0 aliphatic rings. The molecule has 1 heterocycles. The van der Waals surface area contributed by atoms with Crippen LogP contribution in [0.4, 0.5) is 5.69 Å². The molecule has 0 spiro atoms. The fourth-order valence-corrected chi connectivity index (χ4v) is 2.08. The molecule has 0 saturated carbocycles. The quantitative estimate of drug-likeness (QED) is 0.685. The smallest absolute Gasteiger partial charge is 0.330 e. The van der Waals surface area contributed by atoms with E-state index in [1.165, 1.54) is 6.08 Å². The number of carbonyl (C=O) groups is 2. The highest BCUT2D eigenvalue weighted by molar-refractivity contribution is 6.05. The van der Waals surface area contributed by atoms with Crippen molar-refractivity contribution in [2.75, 3.05) is 11.9 Å². The van der Waals surface area contributed by atoms with E-state index in [2.05, 4.69) is 10.3 Å². The third-order valence-corrected chi connectivity index (χ3v) is 3.41. The molecule has 1 aromatic heterocycles. The van der Waals surface area contributed by atoms with Gasteiger partial charge in [-0.3, -0.25) is 9.78 Å². The van der Waals surface area contributed by atoms with Gasteiger partial charge in [-0.2, -0.15) is 0 Å². The minimum Gasteiger partial charge on any atom is -0.463 e. The average molecular weight is 326 g/mol. The van der Waals surface area contributed by atoms with Gasteiger partial charge in [-0.15, -0.1) is 0 Å². The number of anilines is 1. The number of carbonyl (C=O) groups excluding carboxylic acids is 2. The predicted octanol–water partition coefficient (Wildman–Crippen LogP) is 3.80. The Kier molecular flexibility index (Phi) is 5.34. The Morgan fingerprint density at radius 2 is 2.00 bits per heavy atom. The monoisotopic (exact) mass is 326 g/mol. The zero-order chi connectivity index (χ0) is 17.7. The lowest BCUT2D eigenvalue weighted by atomic mass is 9.95. The van der Waals surface area contributed by atoms with Crippen LogP contribution in [-0.4, -0.2) is 23.5 Å². The van der Waals surface area contributed by atoms with Crippen molar-refractivity contribution in [2.45, 2.75) is 27.7 Å². The van der Waals surface area contributed by atoms with E-state index in [1.807, 2.05) is 45.0 Å². The first kappa shape index (κ1) is 17.7. The van der Waals surface area contributed by atoms with Crippen molar-refractivity contribution in [2.24, 2.45) is 5.41 Å². The lowest BCUT2D eigenvalue weighted by Gasteiger charge is -2.19. The number of hydrogen-bond acceptors (Lipinski definition) is 4. The number of benzene rings is 1. The lowest BCUT2D eigenvalue weighted by Crippen LogP contribution is -2.28. The second-order valence-corrected chi connectivity index (χ2v) is 6.39. The van der Waals surface area contributed by atoms with Crippen LogP contribution in [0.2, 0.25) is 0 Å². The molecular formula is C19H22N2O3. The van der Waals surface area contributed by atoms with Crippen LogP contribution in [0, 0.1) is 5.41 Å². The van der Waals surface area contributed by atoms with Gasteiger partial charge in [0, 0.05) is 28.6 Å². The van der Waals surface area contributed by atoms with Crippen LogP contribution in [0.5, 0.6) is 0 Å². The fourth-order valence-electron chi connectivity index (χ4n) is 2.08. The van der Waals surface area contributed by atoms with Gasteiger partial charge in [0.05, 0.1) is 17.8 Å². The number of hydrogen-bond donors (Lipinski definition) is 1. The number of esters is 1. The van der Waals surface area contributed by atoms with Crippen LogP contribution in [-0.2, 0) is 14.3 Å². The number of ether oxygens (including phenoxy) is 1. The first-order valence-electron chi connectivity index (χ1n) is 7.87. The summed E-state index contributed by atoms with van der Waals surface area (Å²) in [5, 5.41) is 3.86. The first-order chi connectivity index (χ1) is 11.3. The Morgan fingerprint density at radius 1 is 1.25 bits per heavy atom. The number of pyridine rings is 1. The summed E-state index contributed by atoms with van der Waals surface area (Å²) in [7, 11) is 0. The molecule has 126 valence electrons. The number of fused-ring (bicyclic) bond motifs is 1. The minimum atomic E-state index is -0.543. The fraction of sp³-hybridized carbons (Fsp3) is 0.316. The minimum absolute atomic E-state index is 0.119. The summed E-state index contributed by atoms with van der Waals surface area (Å²) in [5.74, 6) is -0.543. The Bertz CT molecular complexity index is 789. The average Bonchev–Trinajstić information content (AvgIpc) is 2.53. The molecule has 1 amide bonds. The van der Waals surface area contributed by atoms with E-state index >= 15 is 0 Å². The van der Waals surface area contributed by atoms with Gasteiger partial charge >= 0.3 is 5.97 Å². The van der Waals surface area contributed by atoms with Crippen molar-refractivity contribution in [1.82, 2.24) is 4.98 Å². The second kappa shape index (κ2) is 7.25. The molecule has 2 aromatic rings. The molecule has 1 aromatic carbocycles. The Hall–Kier alpha value is -2.69. The summed E-state index contributed by atoms with van der Waals surface area (Å²) in [6, 6.07) is 7.51. The molecule has 0 saturated heterocycles. The van der Waals surface area contributed by atoms with Crippen molar-refractivity contribution in [3.63, 3.8) is 0 Å². The number of rotatable bonds is 4. The maximum atomic E-state index is 12.4. The second-order valence-electron chi connectivity index (χ2n) is 6.39. The number of nitrogens with zero attached hydrogens (tertiary/aromatic N) is 1. The highest BCUT2D eigenvalue weighted by atomic mass is 16.5. The van der Waals surface area contributed by atoms with Crippen molar-refractivity contribution in [3.05, 3.63) is 42.1 Å². The van der Waals surface area contributed by atoms with E-state index in [1.54, 1.807) is 19.2 Å². The number of aromatic nitrogens is 1. The van der Waals surface area contributed by atoms with Crippen LogP contribution in [0.1, 0.15) is 33.3 Å². The van der Waals surface area contributed by atoms with Gasteiger partial charge in [-0.1, -0.05) is 39.0 Å². The summed E-state index contributed by atoms with van der Waals surface area (Å²) in [5.41, 5.74) is 1.43.